The summed E-state index contributed by atoms with van der Waals surface area (Å²) in [5.74, 6) is -0.746. The molecule has 1 fully saturated rings. The van der Waals surface area contributed by atoms with E-state index in [0.717, 1.165) is 48.9 Å². The van der Waals surface area contributed by atoms with Crippen LogP contribution in [-0.4, -0.2) is 47.5 Å². The maximum Gasteiger partial charge on any atom is 0.340 e. The Morgan fingerprint density at radius 1 is 1.06 bits per heavy atom. The first-order valence-electron chi connectivity index (χ1n) is 11.7. The molecule has 0 atom stereocenters. The highest BCUT2D eigenvalue weighted by Gasteiger charge is 2.23. The number of carbonyl (C=O) groups is 2. The van der Waals surface area contributed by atoms with E-state index < -0.39 is 5.97 Å². The summed E-state index contributed by atoms with van der Waals surface area (Å²) < 4.78 is 5.40. The number of ether oxygens (including phenoxy) is 1. The van der Waals surface area contributed by atoms with Gasteiger partial charge in [-0.2, -0.15) is 0 Å². The highest BCUT2D eigenvalue weighted by Crippen LogP contribution is 2.24. The fourth-order valence-electron chi connectivity index (χ4n) is 4.52. The second-order valence-electron chi connectivity index (χ2n) is 8.61. The number of esters is 1. The van der Waals surface area contributed by atoms with Crippen LogP contribution in [0.5, 0.6) is 0 Å². The van der Waals surface area contributed by atoms with Gasteiger partial charge in [-0.15, -0.1) is 0 Å². The van der Waals surface area contributed by atoms with Crippen molar-refractivity contribution in [1.82, 2.24) is 15.2 Å². The predicted molar refractivity (Wildman–Crippen MR) is 129 cm³/mol. The number of fused-ring (bicyclic) bond motifs is 1. The molecule has 0 saturated carbocycles. The van der Waals surface area contributed by atoms with Crippen LogP contribution >= 0.6 is 0 Å². The van der Waals surface area contributed by atoms with Crippen molar-refractivity contribution >= 4 is 22.8 Å². The predicted octanol–water partition coefficient (Wildman–Crippen LogP) is 4.04. The molecule has 6 heteroatoms. The Morgan fingerprint density at radius 2 is 1.76 bits per heavy atom. The van der Waals surface area contributed by atoms with E-state index in [1.165, 1.54) is 5.56 Å². The van der Waals surface area contributed by atoms with E-state index in [1.54, 1.807) is 0 Å². The molecule has 0 unspecified atom stereocenters. The molecule has 3 aromatic rings. The summed E-state index contributed by atoms with van der Waals surface area (Å²) in [6, 6.07) is 18.3. The number of carbonyl (C=O) groups excluding carboxylic acids is 2. The molecule has 0 spiro atoms. The number of nitrogens with zero attached hydrogens (tertiary/aromatic N) is 2. The molecule has 2 heterocycles. The third-order valence-corrected chi connectivity index (χ3v) is 6.30. The number of hydrogen-bond acceptors (Lipinski definition) is 5. The van der Waals surface area contributed by atoms with Gasteiger partial charge in [-0.25, -0.2) is 4.79 Å². The summed E-state index contributed by atoms with van der Waals surface area (Å²) >= 11 is 0. The Hall–Kier alpha value is -3.25. The fourth-order valence-corrected chi connectivity index (χ4v) is 4.52. The largest absolute Gasteiger partial charge is 0.452 e. The van der Waals surface area contributed by atoms with Crippen LogP contribution in [0.2, 0.25) is 0 Å². The fraction of sp³-hybridized carbons (Fsp3) is 0.370. The summed E-state index contributed by atoms with van der Waals surface area (Å²) in [6.45, 7) is 6.38. The zero-order chi connectivity index (χ0) is 23.2. The molecule has 33 heavy (non-hydrogen) atoms. The molecular formula is C27H31N3O3. The van der Waals surface area contributed by atoms with Crippen LogP contribution < -0.4 is 5.32 Å². The summed E-state index contributed by atoms with van der Waals surface area (Å²) in [6.07, 6.45) is 2.39. The molecule has 0 radical (unpaired) electrons. The standard InChI is InChI=1S/C27H31N3O3/c1-3-23-26(19(2)22-11-7-8-12-24(22)29-23)27(32)33-18-25(31)28-21-13-15-30(16-14-21)17-20-9-5-4-6-10-20/h4-12,21H,3,13-18H2,1-2H3,(H,28,31). The zero-order valence-electron chi connectivity index (χ0n) is 19.3. The minimum Gasteiger partial charge on any atom is -0.452 e. The topological polar surface area (TPSA) is 71.5 Å². The minimum atomic E-state index is -0.490. The van der Waals surface area contributed by atoms with Gasteiger partial charge in [0.15, 0.2) is 6.61 Å². The number of pyridine rings is 1. The van der Waals surface area contributed by atoms with Gasteiger partial charge in [0.05, 0.1) is 16.8 Å². The lowest BCUT2D eigenvalue weighted by Crippen LogP contribution is -2.45. The van der Waals surface area contributed by atoms with E-state index in [2.05, 4.69) is 39.5 Å². The lowest BCUT2D eigenvalue weighted by Gasteiger charge is -2.32. The minimum absolute atomic E-state index is 0.110. The Morgan fingerprint density at radius 3 is 2.48 bits per heavy atom. The Bertz CT molecular complexity index is 1120. The first-order chi connectivity index (χ1) is 16.0. The number of amides is 1. The smallest absolute Gasteiger partial charge is 0.340 e. The Balaban J connectivity index is 1.29. The van der Waals surface area contributed by atoms with Crippen molar-refractivity contribution in [2.24, 2.45) is 0 Å². The molecule has 172 valence electrons. The molecule has 1 amide bonds. The van der Waals surface area contributed by atoms with Gasteiger partial charge in [-0.3, -0.25) is 14.7 Å². The van der Waals surface area contributed by atoms with Crippen molar-refractivity contribution in [3.05, 3.63) is 77.0 Å². The van der Waals surface area contributed by atoms with Gasteiger partial charge in [0.1, 0.15) is 0 Å². The third-order valence-electron chi connectivity index (χ3n) is 6.30. The Labute approximate surface area is 195 Å². The number of hydrogen-bond donors (Lipinski definition) is 1. The number of para-hydroxylation sites is 1. The lowest BCUT2D eigenvalue weighted by atomic mass is 10.0. The van der Waals surface area contributed by atoms with Crippen LogP contribution in [0, 0.1) is 6.92 Å². The van der Waals surface area contributed by atoms with Gasteiger partial charge in [0.25, 0.3) is 5.91 Å². The lowest BCUT2D eigenvalue weighted by molar-refractivity contribution is -0.125. The van der Waals surface area contributed by atoms with Gasteiger partial charge in [-0.1, -0.05) is 55.5 Å². The van der Waals surface area contributed by atoms with Gasteiger partial charge >= 0.3 is 5.97 Å². The molecule has 4 rings (SSSR count). The number of likely N-dealkylation sites (tertiary alicyclic amines) is 1. The van der Waals surface area contributed by atoms with Crippen molar-refractivity contribution in [3.8, 4) is 0 Å². The maximum atomic E-state index is 12.9. The normalized spacial score (nSPS) is 14.8. The average Bonchev–Trinajstić information content (AvgIpc) is 2.84. The highest BCUT2D eigenvalue weighted by atomic mass is 16.5. The number of aromatic nitrogens is 1. The quantitative estimate of drug-likeness (QED) is 0.556. The van der Waals surface area contributed by atoms with E-state index in [4.69, 9.17) is 4.74 Å². The molecule has 0 aliphatic carbocycles. The van der Waals surface area contributed by atoms with Gasteiger partial charge < -0.3 is 10.1 Å². The summed E-state index contributed by atoms with van der Waals surface area (Å²) in [7, 11) is 0. The molecule has 1 aliphatic rings. The molecule has 0 bridgehead atoms. The van der Waals surface area contributed by atoms with Crippen LogP contribution in [0.4, 0.5) is 0 Å². The monoisotopic (exact) mass is 445 g/mol. The Kier molecular flexibility index (Phi) is 7.35. The van der Waals surface area contributed by atoms with Gasteiger partial charge in [0, 0.05) is 31.1 Å². The first kappa shape index (κ1) is 22.9. The molecule has 6 nitrogen and oxygen atoms in total. The second kappa shape index (κ2) is 10.6. The average molecular weight is 446 g/mol. The van der Waals surface area contributed by atoms with Gasteiger partial charge in [0.2, 0.25) is 0 Å². The van der Waals surface area contributed by atoms with Crippen LogP contribution in [0.15, 0.2) is 54.6 Å². The molecular weight excluding hydrogens is 414 g/mol. The number of benzene rings is 2. The molecule has 1 aliphatic heterocycles. The number of nitrogens with one attached hydrogen (secondary N) is 1. The van der Waals surface area contributed by atoms with E-state index >= 15 is 0 Å². The van der Waals surface area contributed by atoms with Crippen LogP contribution in [0.25, 0.3) is 10.9 Å². The molecule has 1 aromatic heterocycles. The SMILES string of the molecule is CCc1nc2ccccc2c(C)c1C(=O)OCC(=O)NC1CCN(Cc2ccccc2)CC1. The van der Waals surface area contributed by atoms with E-state index in [0.29, 0.717) is 17.7 Å². The maximum absolute atomic E-state index is 12.9. The zero-order valence-corrected chi connectivity index (χ0v) is 19.3. The number of aryl methyl sites for hydroxylation is 2. The third kappa shape index (κ3) is 5.57. The number of piperidine rings is 1. The van der Waals surface area contributed by atoms with Crippen molar-refractivity contribution < 1.29 is 14.3 Å². The van der Waals surface area contributed by atoms with Crippen molar-refractivity contribution in [1.29, 1.82) is 0 Å². The van der Waals surface area contributed by atoms with Crippen LogP contribution in [0.1, 0.15) is 46.9 Å². The summed E-state index contributed by atoms with van der Waals surface area (Å²) in [5.41, 5.74) is 4.17. The highest BCUT2D eigenvalue weighted by molar-refractivity contribution is 5.99. The van der Waals surface area contributed by atoms with Gasteiger partial charge in [-0.05, 0) is 43.4 Å². The molecule has 2 aromatic carbocycles. The number of rotatable bonds is 7. The molecule has 1 saturated heterocycles. The first-order valence-corrected chi connectivity index (χ1v) is 11.7. The van der Waals surface area contributed by atoms with E-state index in [-0.39, 0.29) is 18.6 Å². The van der Waals surface area contributed by atoms with E-state index in [9.17, 15) is 9.59 Å². The van der Waals surface area contributed by atoms with Crippen molar-refractivity contribution in [3.63, 3.8) is 0 Å². The second-order valence-corrected chi connectivity index (χ2v) is 8.61. The van der Waals surface area contributed by atoms with Crippen molar-refractivity contribution in [2.75, 3.05) is 19.7 Å². The summed E-state index contributed by atoms with van der Waals surface area (Å²) in [4.78, 5) is 32.3. The van der Waals surface area contributed by atoms with Crippen molar-refractivity contribution in [2.45, 2.75) is 45.7 Å². The molecule has 1 N–H and O–H groups in total. The van der Waals surface area contributed by atoms with Crippen LogP contribution in [0.3, 0.4) is 0 Å². The summed E-state index contributed by atoms with van der Waals surface area (Å²) in [5, 5.41) is 3.95. The van der Waals surface area contributed by atoms with Crippen LogP contribution in [-0.2, 0) is 22.5 Å². The van der Waals surface area contributed by atoms with E-state index in [1.807, 2.05) is 44.2 Å².